The predicted molar refractivity (Wildman–Crippen MR) is 87.1 cm³/mol. The van der Waals surface area contributed by atoms with E-state index in [4.69, 9.17) is 11.6 Å². The quantitative estimate of drug-likeness (QED) is 0.523. The van der Waals surface area contributed by atoms with E-state index in [-0.39, 0.29) is 0 Å². The minimum absolute atomic E-state index is 0.506. The Balaban J connectivity index is 1.87. The van der Waals surface area contributed by atoms with Gasteiger partial charge in [-0.3, -0.25) is 4.98 Å². The summed E-state index contributed by atoms with van der Waals surface area (Å²) in [6, 6.07) is 11.8. The molecule has 0 spiro atoms. The van der Waals surface area contributed by atoms with E-state index < -0.39 is 0 Å². The zero-order chi connectivity index (χ0) is 14.9. The third-order valence-corrected chi connectivity index (χ3v) is 3.85. The molecular weight excluding hydrogens is 296 g/mol. The second-order valence-corrected chi connectivity index (χ2v) is 5.24. The third-order valence-electron chi connectivity index (χ3n) is 3.55. The molecule has 4 nitrogen and oxygen atoms in total. The number of hydrogen-bond donors (Lipinski definition) is 0. The van der Waals surface area contributed by atoms with Crippen LogP contribution in [0.2, 0.25) is 5.15 Å². The maximum atomic E-state index is 6.17. The average Bonchev–Trinajstić information content (AvgIpc) is 3.05. The molecule has 1 aromatic carbocycles. The summed E-state index contributed by atoms with van der Waals surface area (Å²) in [4.78, 5) is 12.7. The highest BCUT2D eigenvalue weighted by molar-refractivity contribution is 6.34. The summed E-state index contributed by atoms with van der Waals surface area (Å²) in [5, 5.41) is 2.47. The topological polar surface area (TPSA) is 43.6 Å². The fourth-order valence-electron chi connectivity index (χ4n) is 2.50. The molecule has 0 amide bonds. The fraction of sp³-hybridized carbons (Fsp3) is 0. The van der Waals surface area contributed by atoms with Gasteiger partial charge >= 0.3 is 0 Å². The van der Waals surface area contributed by atoms with Crippen LogP contribution >= 0.6 is 11.6 Å². The highest BCUT2D eigenvalue weighted by Gasteiger charge is 2.08. The molecule has 0 bridgehead atoms. The van der Waals surface area contributed by atoms with Crippen LogP contribution in [0, 0.1) is 0 Å². The number of pyridine rings is 2. The first-order valence-electron chi connectivity index (χ1n) is 6.81. The molecule has 0 N–H and O–H groups in total. The van der Waals surface area contributed by atoms with Crippen LogP contribution in [-0.4, -0.2) is 19.5 Å². The lowest BCUT2D eigenvalue weighted by atomic mass is 10.1. The third kappa shape index (κ3) is 2.14. The Bertz CT molecular complexity index is 947. The van der Waals surface area contributed by atoms with E-state index in [0.29, 0.717) is 5.15 Å². The molecule has 0 aliphatic heterocycles. The van der Waals surface area contributed by atoms with Gasteiger partial charge in [-0.1, -0.05) is 23.7 Å². The Morgan fingerprint density at radius 3 is 2.73 bits per heavy atom. The number of nitrogens with zero attached hydrogens (tertiary/aromatic N) is 4. The number of aromatic nitrogens is 4. The Labute approximate surface area is 132 Å². The highest BCUT2D eigenvalue weighted by Crippen LogP contribution is 2.27. The molecular formula is C17H11ClN4. The van der Waals surface area contributed by atoms with Crippen molar-refractivity contribution >= 4 is 22.4 Å². The van der Waals surface area contributed by atoms with E-state index in [1.807, 2.05) is 47.2 Å². The first-order chi connectivity index (χ1) is 10.8. The van der Waals surface area contributed by atoms with E-state index in [1.54, 1.807) is 24.9 Å². The van der Waals surface area contributed by atoms with Crippen LogP contribution in [-0.2, 0) is 0 Å². The standard InChI is InChI=1S/C17H11ClN4/c18-17-14-4-1-5-16(13(14)6-8-20-17)22-10-15(21-11-22)12-3-2-7-19-9-12/h1-11H. The second kappa shape index (κ2) is 5.24. The monoisotopic (exact) mass is 306 g/mol. The molecule has 106 valence electrons. The Kier molecular flexibility index (Phi) is 3.09. The van der Waals surface area contributed by atoms with Gasteiger partial charge in [0.2, 0.25) is 0 Å². The molecule has 0 saturated carbocycles. The van der Waals surface area contributed by atoms with Gasteiger partial charge in [-0.2, -0.15) is 0 Å². The van der Waals surface area contributed by atoms with Gasteiger partial charge in [0.1, 0.15) is 5.15 Å². The summed E-state index contributed by atoms with van der Waals surface area (Å²) < 4.78 is 1.99. The summed E-state index contributed by atoms with van der Waals surface area (Å²) >= 11 is 6.17. The van der Waals surface area contributed by atoms with Crippen molar-refractivity contribution in [2.24, 2.45) is 0 Å². The normalized spacial score (nSPS) is 11.0. The van der Waals surface area contributed by atoms with E-state index in [2.05, 4.69) is 15.0 Å². The van der Waals surface area contributed by atoms with Crippen LogP contribution in [0.1, 0.15) is 0 Å². The number of halogens is 1. The first-order valence-corrected chi connectivity index (χ1v) is 7.19. The van der Waals surface area contributed by atoms with Gasteiger partial charge in [-0.15, -0.1) is 0 Å². The van der Waals surface area contributed by atoms with Gasteiger partial charge in [-0.25, -0.2) is 9.97 Å². The molecule has 3 aromatic heterocycles. The Hall–Kier alpha value is -2.72. The largest absolute Gasteiger partial charge is 0.305 e. The molecule has 5 heteroatoms. The van der Waals surface area contributed by atoms with E-state index in [9.17, 15) is 0 Å². The van der Waals surface area contributed by atoms with Crippen LogP contribution in [0.4, 0.5) is 0 Å². The smallest absolute Gasteiger partial charge is 0.136 e. The maximum Gasteiger partial charge on any atom is 0.136 e. The zero-order valence-electron chi connectivity index (χ0n) is 11.5. The van der Waals surface area contributed by atoms with Gasteiger partial charge in [0, 0.05) is 41.1 Å². The number of imidazole rings is 1. The second-order valence-electron chi connectivity index (χ2n) is 4.88. The molecule has 22 heavy (non-hydrogen) atoms. The molecule has 0 aliphatic carbocycles. The van der Waals surface area contributed by atoms with Crippen molar-refractivity contribution in [2.45, 2.75) is 0 Å². The summed E-state index contributed by atoms with van der Waals surface area (Å²) in [5.41, 5.74) is 2.89. The maximum absolute atomic E-state index is 6.17. The minimum Gasteiger partial charge on any atom is -0.305 e. The Morgan fingerprint density at radius 1 is 0.909 bits per heavy atom. The van der Waals surface area contributed by atoms with E-state index in [0.717, 1.165) is 27.7 Å². The lowest BCUT2D eigenvalue weighted by molar-refractivity contribution is 1.07. The van der Waals surface area contributed by atoms with Crippen molar-refractivity contribution in [3.63, 3.8) is 0 Å². The van der Waals surface area contributed by atoms with Crippen molar-refractivity contribution in [2.75, 3.05) is 0 Å². The molecule has 4 aromatic rings. The number of rotatable bonds is 2. The van der Waals surface area contributed by atoms with Gasteiger partial charge in [0.05, 0.1) is 17.7 Å². The van der Waals surface area contributed by atoms with Crippen molar-refractivity contribution < 1.29 is 0 Å². The summed E-state index contributed by atoms with van der Waals surface area (Å²) in [6.45, 7) is 0. The SMILES string of the molecule is Clc1nccc2c(-n3cnc(-c4cccnc4)c3)cccc12. The predicted octanol–water partition coefficient (Wildman–Crippen LogP) is 4.14. The molecule has 0 unspecified atom stereocenters. The molecule has 0 atom stereocenters. The summed E-state index contributed by atoms with van der Waals surface area (Å²) in [5.74, 6) is 0. The van der Waals surface area contributed by atoms with Crippen LogP contribution in [0.3, 0.4) is 0 Å². The number of fused-ring (bicyclic) bond motifs is 1. The Morgan fingerprint density at radius 2 is 1.86 bits per heavy atom. The number of benzene rings is 1. The van der Waals surface area contributed by atoms with Gasteiger partial charge in [0.25, 0.3) is 0 Å². The van der Waals surface area contributed by atoms with Gasteiger partial charge in [0.15, 0.2) is 0 Å². The van der Waals surface area contributed by atoms with E-state index in [1.165, 1.54) is 0 Å². The zero-order valence-corrected chi connectivity index (χ0v) is 12.3. The summed E-state index contributed by atoms with van der Waals surface area (Å²) in [6.07, 6.45) is 9.05. The molecule has 0 saturated heterocycles. The lowest BCUT2D eigenvalue weighted by Gasteiger charge is -2.07. The van der Waals surface area contributed by atoms with Crippen molar-refractivity contribution in [3.05, 3.63) is 72.7 Å². The number of hydrogen-bond acceptors (Lipinski definition) is 3. The molecule has 0 fully saturated rings. The molecule has 4 rings (SSSR count). The summed E-state index contributed by atoms with van der Waals surface area (Å²) in [7, 11) is 0. The van der Waals surface area contributed by atoms with Gasteiger partial charge in [-0.05, 0) is 24.3 Å². The highest BCUT2D eigenvalue weighted by atomic mass is 35.5. The first kappa shape index (κ1) is 13.0. The molecule has 3 heterocycles. The van der Waals surface area contributed by atoms with Crippen LogP contribution in [0.5, 0.6) is 0 Å². The van der Waals surface area contributed by atoms with Crippen LogP contribution in [0.15, 0.2) is 67.5 Å². The van der Waals surface area contributed by atoms with Crippen LogP contribution < -0.4 is 0 Å². The van der Waals surface area contributed by atoms with Crippen LogP contribution in [0.25, 0.3) is 27.7 Å². The lowest BCUT2D eigenvalue weighted by Crippen LogP contribution is -1.92. The van der Waals surface area contributed by atoms with Crippen molar-refractivity contribution in [3.8, 4) is 16.9 Å². The average molecular weight is 307 g/mol. The van der Waals surface area contributed by atoms with Crippen molar-refractivity contribution in [1.29, 1.82) is 0 Å². The minimum atomic E-state index is 0.506. The van der Waals surface area contributed by atoms with E-state index >= 15 is 0 Å². The molecule has 0 aliphatic rings. The molecule has 0 radical (unpaired) electrons. The van der Waals surface area contributed by atoms with Crippen molar-refractivity contribution in [1.82, 2.24) is 19.5 Å². The van der Waals surface area contributed by atoms with Gasteiger partial charge < -0.3 is 4.57 Å². The fourth-order valence-corrected chi connectivity index (χ4v) is 2.72.